The average molecular weight is 161 g/mol. The van der Waals surface area contributed by atoms with Gasteiger partial charge in [0.15, 0.2) is 0 Å². The monoisotopic (exact) mass is 160 g/mol. The molecule has 0 atom stereocenters. The zero-order chi connectivity index (χ0) is 5.15. The molecule has 2 nitrogen and oxygen atoms in total. The summed E-state index contributed by atoms with van der Waals surface area (Å²) < 4.78 is 0. The molecule has 0 aromatic carbocycles. The Morgan fingerprint density at radius 1 is 1.62 bits per heavy atom. The van der Waals surface area contributed by atoms with Gasteiger partial charge in [-0.1, -0.05) is 6.58 Å². The first kappa shape index (κ1) is 15.9. The molecule has 0 saturated carbocycles. The van der Waals surface area contributed by atoms with Crippen molar-refractivity contribution in [3.63, 3.8) is 0 Å². The van der Waals surface area contributed by atoms with Gasteiger partial charge in [0, 0.05) is 0 Å². The van der Waals surface area contributed by atoms with Crippen LogP contribution in [0.5, 0.6) is 0 Å². The van der Waals surface area contributed by atoms with Crippen LogP contribution in [0.1, 0.15) is 6.92 Å². The van der Waals surface area contributed by atoms with Crippen LogP contribution in [0.15, 0.2) is 12.2 Å². The maximum Gasteiger partial charge on any atom is 2.00 e. The number of carboxylic acid groups (broad SMARTS) is 1. The van der Waals surface area contributed by atoms with E-state index in [0.717, 1.165) is 0 Å². The molecule has 0 unspecified atom stereocenters. The Bertz CT molecular complexity index is 80.0. The molecule has 0 saturated heterocycles. The molecule has 0 bridgehead atoms. The fraction of sp³-hybridized carbons (Fsp3) is 0.250. The van der Waals surface area contributed by atoms with Crippen LogP contribution >= 0.6 is 0 Å². The molecule has 0 rings (SSSR count). The molecule has 0 aromatic heterocycles. The molecule has 0 amide bonds. The van der Waals surface area contributed by atoms with E-state index < -0.39 is 5.97 Å². The van der Waals surface area contributed by atoms with Gasteiger partial charge in [-0.25, -0.2) is 0 Å². The fourth-order valence-corrected chi connectivity index (χ4v) is 0. The summed E-state index contributed by atoms with van der Waals surface area (Å²) in [4.78, 5) is 9.49. The predicted octanol–water partition coefficient (Wildman–Crippen LogP) is -4.06. The van der Waals surface area contributed by atoms with Gasteiger partial charge in [-0.3, -0.25) is 0 Å². The van der Waals surface area contributed by atoms with E-state index in [1.807, 2.05) is 0 Å². The van der Waals surface area contributed by atoms with Gasteiger partial charge < -0.3 is 22.3 Å². The van der Waals surface area contributed by atoms with Crippen LogP contribution in [-0.2, 0) is 4.79 Å². The van der Waals surface area contributed by atoms with Gasteiger partial charge in [-0.05, 0) is 12.5 Å². The van der Waals surface area contributed by atoms with E-state index in [2.05, 4.69) is 6.58 Å². The topological polar surface area (TPSA) is 40.1 Å². The Morgan fingerprint density at radius 2 is 1.75 bits per heavy atom. The fourth-order valence-electron chi connectivity index (χ4n) is 0. The number of hydrogen-bond acceptors (Lipinski definition) is 2. The van der Waals surface area contributed by atoms with Crippen molar-refractivity contribution in [2.75, 3.05) is 0 Å². The summed E-state index contributed by atoms with van der Waals surface area (Å²) in [6.45, 7) is 4.48. The molecular formula is C4H5CaClO2. The summed E-state index contributed by atoms with van der Waals surface area (Å²) in [5, 5.41) is 9.49. The van der Waals surface area contributed by atoms with E-state index in [1.54, 1.807) is 0 Å². The molecule has 0 heterocycles. The van der Waals surface area contributed by atoms with Crippen molar-refractivity contribution in [1.82, 2.24) is 0 Å². The van der Waals surface area contributed by atoms with Crippen LogP contribution in [0, 0.1) is 0 Å². The van der Waals surface area contributed by atoms with E-state index in [1.165, 1.54) is 6.92 Å². The van der Waals surface area contributed by atoms with Crippen LogP contribution in [-0.4, -0.2) is 43.7 Å². The molecule has 0 aliphatic carbocycles. The molecule has 8 heavy (non-hydrogen) atoms. The Morgan fingerprint density at radius 3 is 1.75 bits per heavy atom. The molecule has 0 spiro atoms. The normalized spacial score (nSPS) is 5.62. The average Bonchev–Trinajstić information content (AvgIpc) is 1.36. The predicted molar refractivity (Wildman–Crippen MR) is 25.6 cm³/mol. The summed E-state index contributed by atoms with van der Waals surface area (Å²) in [5.41, 5.74) is 0.0648. The number of carboxylic acids is 1. The van der Waals surface area contributed by atoms with Crippen LogP contribution in [0.3, 0.4) is 0 Å². The first-order valence-corrected chi connectivity index (χ1v) is 1.51. The number of carbonyl (C=O) groups is 1. The van der Waals surface area contributed by atoms with Gasteiger partial charge in [-0.15, -0.1) is 0 Å². The molecule has 0 aromatic rings. The Hall–Kier alpha value is 0.760. The number of halogens is 1. The summed E-state index contributed by atoms with van der Waals surface area (Å²) in [7, 11) is 0. The van der Waals surface area contributed by atoms with Crippen molar-refractivity contribution in [2.24, 2.45) is 0 Å². The summed E-state index contributed by atoms with van der Waals surface area (Å²) in [6, 6.07) is 0. The molecular weight excluding hydrogens is 156 g/mol. The van der Waals surface area contributed by atoms with Gasteiger partial charge >= 0.3 is 37.7 Å². The zero-order valence-corrected chi connectivity index (χ0v) is 7.57. The minimum Gasteiger partial charge on any atom is -1.00 e. The second-order valence-electron chi connectivity index (χ2n) is 1.07. The van der Waals surface area contributed by atoms with Crippen molar-refractivity contribution in [3.8, 4) is 0 Å². The number of aliphatic carboxylic acids is 1. The summed E-state index contributed by atoms with van der Waals surface area (Å²) in [5.74, 6) is -1.19. The Labute approximate surface area is 84.4 Å². The third-order valence-electron chi connectivity index (χ3n) is 0.348. The second kappa shape index (κ2) is 7.76. The van der Waals surface area contributed by atoms with Crippen molar-refractivity contribution in [3.05, 3.63) is 12.2 Å². The minimum absolute atomic E-state index is 0. The molecule has 0 aliphatic heterocycles. The third kappa shape index (κ3) is 9.90. The van der Waals surface area contributed by atoms with Crippen LogP contribution in [0.25, 0.3) is 0 Å². The van der Waals surface area contributed by atoms with E-state index in [9.17, 15) is 9.90 Å². The van der Waals surface area contributed by atoms with E-state index >= 15 is 0 Å². The van der Waals surface area contributed by atoms with Crippen LogP contribution < -0.4 is 17.5 Å². The van der Waals surface area contributed by atoms with Crippen molar-refractivity contribution < 1.29 is 22.3 Å². The standard InChI is InChI=1S/C4H6O2.Ca.ClH/c1-3(2)4(5)6;;/h1H2,2H3,(H,5,6);;1H/q;+2;/p-2. The summed E-state index contributed by atoms with van der Waals surface area (Å²) in [6.07, 6.45) is 0. The van der Waals surface area contributed by atoms with E-state index in [0.29, 0.717) is 0 Å². The van der Waals surface area contributed by atoms with Crippen LogP contribution in [0.2, 0.25) is 0 Å². The van der Waals surface area contributed by atoms with Crippen molar-refractivity contribution in [2.45, 2.75) is 6.92 Å². The number of rotatable bonds is 1. The SMILES string of the molecule is C=C(C)C(=O)[O-].[Ca+2].[Cl-]. The van der Waals surface area contributed by atoms with E-state index in [4.69, 9.17) is 0 Å². The largest absolute Gasteiger partial charge is 2.00 e. The quantitative estimate of drug-likeness (QED) is 0.289. The maximum atomic E-state index is 9.49. The number of carbonyl (C=O) groups excluding carboxylic acids is 1. The van der Waals surface area contributed by atoms with Gasteiger partial charge in [0.1, 0.15) is 0 Å². The minimum atomic E-state index is -1.19. The second-order valence-corrected chi connectivity index (χ2v) is 1.07. The van der Waals surface area contributed by atoms with E-state index in [-0.39, 0.29) is 55.7 Å². The maximum absolute atomic E-state index is 9.49. The zero-order valence-electron chi connectivity index (χ0n) is 4.61. The third-order valence-corrected chi connectivity index (χ3v) is 0.348. The Kier molecular flexibility index (Phi) is 15.4. The van der Waals surface area contributed by atoms with Crippen molar-refractivity contribution in [1.29, 1.82) is 0 Å². The Balaban J connectivity index is -0.000000125. The molecule has 0 radical (unpaired) electrons. The smallest absolute Gasteiger partial charge is 1.00 e. The van der Waals surface area contributed by atoms with Gasteiger partial charge in [0.25, 0.3) is 0 Å². The first-order valence-electron chi connectivity index (χ1n) is 1.51. The molecule has 0 fully saturated rings. The van der Waals surface area contributed by atoms with Gasteiger partial charge in [0.05, 0.1) is 5.97 Å². The summed E-state index contributed by atoms with van der Waals surface area (Å²) >= 11 is 0. The molecule has 0 N–H and O–H groups in total. The van der Waals surface area contributed by atoms with Gasteiger partial charge in [0.2, 0.25) is 0 Å². The van der Waals surface area contributed by atoms with Gasteiger partial charge in [-0.2, -0.15) is 0 Å². The number of hydrogen-bond donors (Lipinski definition) is 0. The van der Waals surface area contributed by atoms with Crippen LogP contribution in [0.4, 0.5) is 0 Å². The molecule has 42 valence electrons. The van der Waals surface area contributed by atoms with Crippen molar-refractivity contribution >= 4 is 43.7 Å². The first-order chi connectivity index (χ1) is 2.64. The molecule has 4 heteroatoms. The molecule has 0 aliphatic rings.